The normalized spacial score (nSPS) is 31.5. The van der Waals surface area contributed by atoms with Crippen LogP contribution >= 0.6 is 0 Å². The second kappa shape index (κ2) is 3.72. The minimum Gasteiger partial charge on any atom is -0.469 e. The Bertz CT molecular complexity index is 147. The molecule has 2 atom stereocenters. The molecule has 0 saturated carbocycles. The summed E-state index contributed by atoms with van der Waals surface area (Å²) in [4.78, 5) is 11.1. The van der Waals surface area contributed by atoms with E-state index in [0.717, 1.165) is 19.5 Å². The van der Waals surface area contributed by atoms with Gasteiger partial charge in [-0.05, 0) is 18.9 Å². The zero-order valence-electron chi connectivity index (χ0n) is 7.09. The van der Waals surface area contributed by atoms with Crippen molar-refractivity contribution >= 4 is 5.97 Å². The number of esters is 1. The molecule has 0 aromatic heterocycles. The molecule has 0 unspecified atom stereocenters. The molecular formula is C8H15NO2. The molecule has 1 heterocycles. The predicted octanol–water partition coefficient (Wildman–Crippen LogP) is 0.405. The van der Waals surface area contributed by atoms with Crippen molar-refractivity contribution in [3.8, 4) is 0 Å². The lowest BCUT2D eigenvalue weighted by atomic mass is 9.88. The summed E-state index contributed by atoms with van der Waals surface area (Å²) in [7, 11) is 1.45. The fraction of sp³-hybridized carbons (Fsp3) is 0.875. The third-order valence-electron chi connectivity index (χ3n) is 2.33. The topological polar surface area (TPSA) is 38.3 Å². The SMILES string of the molecule is COC(=O)[C@@H]1CNCC[C@@H]1C. The van der Waals surface area contributed by atoms with E-state index in [-0.39, 0.29) is 11.9 Å². The lowest BCUT2D eigenvalue weighted by Gasteiger charge is -2.26. The zero-order chi connectivity index (χ0) is 8.27. The Morgan fingerprint density at radius 1 is 1.64 bits per heavy atom. The molecule has 3 heteroatoms. The molecule has 64 valence electrons. The maximum atomic E-state index is 11.1. The van der Waals surface area contributed by atoms with E-state index in [9.17, 15) is 4.79 Å². The van der Waals surface area contributed by atoms with Crippen molar-refractivity contribution in [2.24, 2.45) is 11.8 Å². The number of ether oxygens (including phenoxy) is 1. The van der Waals surface area contributed by atoms with Crippen LogP contribution in [0, 0.1) is 11.8 Å². The largest absolute Gasteiger partial charge is 0.469 e. The van der Waals surface area contributed by atoms with E-state index in [0.29, 0.717) is 5.92 Å². The van der Waals surface area contributed by atoms with E-state index in [1.54, 1.807) is 0 Å². The highest BCUT2D eigenvalue weighted by atomic mass is 16.5. The maximum absolute atomic E-state index is 11.1. The molecule has 1 aliphatic rings. The summed E-state index contributed by atoms with van der Waals surface area (Å²) >= 11 is 0. The molecule has 3 nitrogen and oxygen atoms in total. The molecule has 1 N–H and O–H groups in total. The van der Waals surface area contributed by atoms with Gasteiger partial charge in [0.2, 0.25) is 0 Å². The molecular weight excluding hydrogens is 142 g/mol. The Labute approximate surface area is 67.1 Å². The number of carbonyl (C=O) groups excluding carboxylic acids is 1. The number of rotatable bonds is 1. The Balaban J connectivity index is 2.47. The first-order valence-electron chi connectivity index (χ1n) is 4.04. The Hall–Kier alpha value is -0.570. The number of nitrogens with one attached hydrogen (secondary N) is 1. The Morgan fingerprint density at radius 3 is 2.91 bits per heavy atom. The second-order valence-electron chi connectivity index (χ2n) is 3.10. The molecule has 0 aromatic carbocycles. The predicted molar refractivity (Wildman–Crippen MR) is 42.2 cm³/mol. The van der Waals surface area contributed by atoms with Gasteiger partial charge in [0.15, 0.2) is 0 Å². The minimum absolute atomic E-state index is 0.0637. The zero-order valence-corrected chi connectivity index (χ0v) is 7.09. The number of methoxy groups -OCH3 is 1. The van der Waals surface area contributed by atoms with Crippen LogP contribution in [0.2, 0.25) is 0 Å². The molecule has 1 rings (SSSR count). The van der Waals surface area contributed by atoms with Gasteiger partial charge < -0.3 is 10.1 Å². The van der Waals surface area contributed by atoms with Crippen LogP contribution in [0.1, 0.15) is 13.3 Å². The van der Waals surface area contributed by atoms with Crippen LogP contribution in [0.25, 0.3) is 0 Å². The van der Waals surface area contributed by atoms with Crippen LogP contribution in [0.3, 0.4) is 0 Å². The fourth-order valence-corrected chi connectivity index (χ4v) is 1.46. The van der Waals surface area contributed by atoms with E-state index < -0.39 is 0 Å². The van der Waals surface area contributed by atoms with Crippen molar-refractivity contribution in [1.29, 1.82) is 0 Å². The first-order chi connectivity index (χ1) is 5.25. The van der Waals surface area contributed by atoms with Crippen LogP contribution in [0.15, 0.2) is 0 Å². The third kappa shape index (κ3) is 1.93. The minimum atomic E-state index is -0.0790. The fourth-order valence-electron chi connectivity index (χ4n) is 1.46. The summed E-state index contributed by atoms with van der Waals surface area (Å²) in [5.41, 5.74) is 0. The highest BCUT2D eigenvalue weighted by Crippen LogP contribution is 2.18. The summed E-state index contributed by atoms with van der Waals surface area (Å²) in [6.07, 6.45) is 1.07. The Morgan fingerprint density at radius 2 is 2.36 bits per heavy atom. The van der Waals surface area contributed by atoms with Crippen molar-refractivity contribution in [2.45, 2.75) is 13.3 Å². The van der Waals surface area contributed by atoms with Gasteiger partial charge in [0.1, 0.15) is 0 Å². The van der Waals surface area contributed by atoms with E-state index in [2.05, 4.69) is 17.0 Å². The first-order valence-corrected chi connectivity index (χ1v) is 4.04. The van der Waals surface area contributed by atoms with Crippen LogP contribution < -0.4 is 5.32 Å². The van der Waals surface area contributed by atoms with Crippen molar-refractivity contribution in [1.82, 2.24) is 5.32 Å². The van der Waals surface area contributed by atoms with Gasteiger partial charge in [0, 0.05) is 6.54 Å². The van der Waals surface area contributed by atoms with Crippen LogP contribution in [0.4, 0.5) is 0 Å². The van der Waals surface area contributed by atoms with Gasteiger partial charge in [-0.1, -0.05) is 6.92 Å². The molecule has 0 amide bonds. The summed E-state index contributed by atoms with van der Waals surface area (Å²) in [6.45, 7) is 3.89. The van der Waals surface area contributed by atoms with Crippen LogP contribution in [-0.4, -0.2) is 26.2 Å². The smallest absolute Gasteiger partial charge is 0.310 e. The molecule has 0 aromatic rings. The van der Waals surface area contributed by atoms with Gasteiger partial charge in [0.25, 0.3) is 0 Å². The molecule has 0 aliphatic carbocycles. The quantitative estimate of drug-likeness (QED) is 0.560. The molecule has 0 radical (unpaired) electrons. The summed E-state index contributed by atoms with van der Waals surface area (Å²) in [5.74, 6) is 0.446. The van der Waals surface area contributed by atoms with Gasteiger partial charge in [0.05, 0.1) is 13.0 Å². The standard InChI is InChI=1S/C8H15NO2/c1-6-3-4-9-5-7(6)8(10)11-2/h6-7,9H,3-5H2,1-2H3/t6-,7+/m0/s1. The van der Waals surface area contributed by atoms with E-state index in [4.69, 9.17) is 0 Å². The number of hydrogen-bond acceptors (Lipinski definition) is 3. The monoisotopic (exact) mass is 157 g/mol. The molecule has 11 heavy (non-hydrogen) atoms. The first kappa shape index (κ1) is 8.53. The maximum Gasteiger partial charge on any atom is 0.310 e. The Kier molecular flexibility index (Phi) is 2.88. The lowest BCUT2D eigenvalue weighted by molar-refractivity contribution is -0.147. The van der Waals surface area contributed by atoms with Gasteiger partial charge in [-0.25, -0.2) is 0 Å². The van der Waals surface area contributed by atoms with Gasteiger partial charge >= 0.3 is 5.97 Å². The van der Waals surface area contributed by atoms with Crippen molar-refractivity contribution in [3.63, 3.8) is 0 Å². The number of piperidine rings is 1. The number of carbonyl (C=O) groups is 1. The van der Waals surface area contributed by atoms with Gasteiger partial charge in [-0.15, -0.1) is 0 Å². The molecule has 1 aliphatic heterocycles. The van der Waals surface area contributed by atoms with E-state index in [1.807, 2.05) is 0 Å². The number of hydrogen-bond donors (Lipinski definition) is 1. The molecule has 0 bridgehead atoms. The summed E-state index contributed by atoms with van der Waals surface area (Å²) in [6, 6.07) is 0. The van der Waals surface area contributed by atoms with E-state index >= 15 is 0 Å². The third-order valence-corrected chi connectivity index (χ3v) is 2.33. The van der Waals surface area contributed by atoms with Gasteiger partial charge in [-0.3, -0.25) is 4.79 Å². The van der Waals surface area contributed by atoms with E-state index in [1.165, 1.54) is 7.11 Å². The molecule has 1 fully saturated rings. The summed E-state index contributed by atoms with van der Waals surface area (Å²) in [5, 5.41) is 3.18. The summed E-state index contributed by atoms with van der Waals surface area (Å²) < 4.78 is 4.68. The van der Waals surface area contributed by atoms with Gasteiger partial charge in [-0.2, -0.15) is 0 Å². The lowest BCUT2D eigenvalue weighted by Crippen LogP contribution is -2.40. The molecule has 1 saturated heterocycles. The molecule has 0 spiro atoms. The van der Waals surface area contributed by atoms with Crippen molar-refractivity contribution in [3.05, 3.63) is 0 Å². The average molecular weight is 157 g/mol. The second-order valence-corrected chi connectivity index (χ2v) is 3.10. The van der Waals surface area contributed by atoms with Crippen LogP contribution in [0.5, 0.6) is 0 Å². The average Bonchev–Trinajstić information content (AvgIpc) is 2.04. The highest BCUT2D eigenvalue weighted by Gasteiger charge is 2.27. The highest BCUT2D eigenvalue weighted by molar-refractivity contribution is 5.73. The van der Waals surface area contributed by atoms with Crippen molar-refractivity contribution < 1.29 is 9.53 Å². The van der Waals surface area contributed by atoms with Crippen LogP contribution in [-0.2, 0) is 9.53 Å². The van der Waals surface area contributed by atoms with Crippen molar-refractivity contribution in [2.75, 3.05) is 20.2 Å².